The number of hydrogen-bond acceptors (Lipinski definition) is 3. The molecule has 0 atom stereocenters. The third kappa shape index (κ3) is 3.47. The molecule has 3 aromatic carbocycles. The van der Waals surface area contributed by atoms with Crippen LogP contribution in [0.5, 0.6) is 0 Å². The van der Waals surface area contributed by atoms with Crippen molar-refractivity contribution in [3.8, 4) is 0 Å². The Morgan fingerprint density at radius 3 is 2.31 bits per heavy atom. The van der Waals surface area contributed by atoms with E-state index in [2.05, 4.69) is 69.5 Å². The van der Waals surface area contributed by atoms with Gasteiger partial charge in [0.15, 0.2) is 0 Å². The number of rotatable bonds is 1. The third-order valence-corrected chi connectivity index (χ3v) is 4.26. The number of nitrogens with zero attached hydrogens (tertiary/aromatic N) is 3. The molecule has 1 aliphatic heterocycles. The summed E-state index contributed by atoms with van der Waals surface area (Å²) < 4.78 is 0. The fourth-order valence-corrected chi connectivity index (χ4v) is 2.98. The Morgan fingerprint density at radius 1 is 0.692 bits per heavy atom. The average Bonchev–Trinajstić information content (AvgIpc) is 2.74. The number of fused-ring (bicyclic) bond motifs is 2. The molecule has 0 unspecified atom stereocenters. The van der Waals surface area contributed by atoms with E-state index < -0.39 is 0 Å². The summed E-state index contributed by atoms with van der Waals surface area (Å²) in [7, 11) is 0. The van der Waals surface area contributed by atoms with Crippen LogP contribution in [0.2, 0.25) is 0 Å². The van der Waals surface area contributed by atoms with Crippen LogP contribution >= 0.6 is 0 Å². The molecule has 1 aliphatic rings. The first-order valence-electron chi connectivity index (χ1n) is 8.63. The normalized spacial score (nSPS) is 12.2. The lowest BCUT2D eigenvalue weighted by Gasteiger charge is -2.27. The summed E-state index contributed by atoms with van der Waals surface area (Å²) >= 11 is 0. The first-order chi connectivity index (χ1) is 12.9. The first kappa shape index (κ1) is 16.0. The fourth-order valence-electron chi connectivity index (χ4n) is 2.98. The zero-order chi connectivity index (χ0) is 17.6. The van der Waals surface area contributed by atoms with Crippen LogP contribution in [0.4, 0.5) is 11.4 Å². The van der Waals surface area contributed by atoms with Crippen molar-refractivity contribution in [3.05, 3.63) is 103 Å². The lowest BCUT2D eigenvalue weighted by Crippen LogP contribution is -2.21. The SMILES string of the molecule is C1=NCN(c2ccccc2)c2ccccc21.c1ccc2ncccc2c1. The van der Waals surface area contributed by atoms with Crippen molar-refractivity contribution in [1.29, 1.82) is 0 Å². The number of hydrogen-bond donors (Lipinski definition) is 0. The molecule has 0 saturated heterocycles. The zero-order valence-electron chi connectivity index (χ0n) is 14.4. The van der Waals surface area contributed by atoms with Crippen molar-refractivity contribution in [1.82, 2.24) is 4.98 Å². The Bertz CT molecular complexity index is 960. The third-order valence-electron chi connectivity index (χ3n) is 4.26. The van der Waals surface area contributed by atoms with Crippen LogP contribution in [0.3, 0.4) is 0 Å². The highest BCUT2D eigenvalue weighted by Crippen LogP contribution is 2.29. The average molecular weight is 337 g/mol. The van der Waals surface area contributed by atoms with Gasteiger partial charge in [-0.15, -0.1) is 0 Å². The summed E-state index contributed by atoms with van der Waals surface area (Å²) in [5, 5.41) is 1.20. The number of benzene rings is 3. The maximum absolute atomic E-state index is 4.38. The maximum Gasteiger partial charge on any atom is 0.114 e. The molecule has 0 fully saturated rings. The van der Waals surface area contributed by atoms with Gasteiger partial charge >= 0.3 is 0 Å². The van der Waals surface area contributed by atoms with E-state index in [0.717, 1.165) is 5.52 Å². The summed E-state index contributed by atoms with van der Waals surface area (Å²) in [6, 6.07) is 30.8. The molecular weight excluding hydrogens is 318 g/mol. The largest absolute Gasteiger partial charge is 0.321 e. The van der Waals surface area contributed by atoms with E-state index in [-0.39, 0.29) is 0 Å². The molecule has 3 heteroatoms. The highest BCUT2D eigenvalue weighted by molar-refractivity contribution is 5.91. The van der Waals surface area contributed by atoms with Gasteiger partial charge in [-0.1, -0.05) is 60.7 Å². The lowest BCUT2D eigenvalue weighted by molar-refractivity contribution is 0.971. The molecular formula is C23H19N3. The van der Waals surface area contributed by atoms with Crippen molar-refractivity contribution in [3.63, 3.8) is 0 Å². The van der Waals surface area contributed by atoms with Crippen molar-refractivity contribution < 1.29 is 0 Å². The van der Waals surface area contributed by atoms with Gasteiger partial charge in [-0.05, 0) is 30.3 Å². The molecule has 126 valence electrons. The highest BCUT2D eigenvalue weighted by Gasteiger charge is 2.14. The minimum Gasteiger partial charge on any atom is -0.321 e. The smallest absolute Gasteiger partial charge is 0.114 e. The molecule has 0 saturated carbocycles. The number of para-hydroxylation sites is 3. The number of aromatic nitrogens is 1. The van der Waals surface area contributed by atoms with Gasteiger partial charge in [-0.3, -0.25) is 9.98 Å². The topological polar surface area (TPSA) is 28.5 Å². The second-order valence-electron chi connectivity index (χ2n) is 5.97. The quantitative estimate of drug-likeness (QED) is 0.462. The molecule has 5 rings (SSSR count). The van der Waals surface area contributed by atoms with Crippen LogP contribution in [-0.4, -0.2) is 17.9 Å². The Hall–Kier alpha value is -3.46. The first-order valence-corrected chi connectivity index (χ1v) is 8.63. The summed E-state index contributed by atoms with van der Waals surface area (Å²) in [5.41, 5.74) is 4.65. The molecule has 26 heavy (non-hydrogen) atoms. The van der Waals surface area contributed by atoms with Gasteiger partial charge in [-0.2, -0.15) is 0 Å². The molecule has 0 amide bonds. The number of aliphatic imine (C=N–C) groups is 1. The van der Waals surface area contributed by atoms with Gasteiger partial charge in [0.05, 0.1) is 11.2 Å². The monoisotopic (exact) mass is 337 g/mol. The number of anilines is 2. The van der Waals surface area contributed by atoms with Crippen LogP contribution in [0.15, 0.2) is 102 Å². The zero-order valence-corrected chi connectivity index (χ0v) is 14.4. The van der Waals surface area contributed by atoms with Crippen molar-refractivity contribution in [2.75, 3.05) is 11.6 Å². The molecule has 0 radical (unpaired) electrons. The standard InChI is InChI=1S/C14H12N2.C9H7N/c1-2-7-13(8-3-1)16-11-15-10-12-6-4-5-9-14(12)16;1-2-6-9-8(4-1)5-3-7-10-9/h1-10H,11H2;1-7H. The van der Waals surface area contributed by atoms with E-state index in [4.69, 9.17) is 0 Å². The van der Waals surface area contributed by atoms with Gasteiger partial charge in [0.25, 0.3) is 0 Å². The maximum atomic E-state index is 4.38. The molecule has 0 spiro atoms. The summed E-state index contributed by atoms with van der Waals surface area (Å²) in [5.74, 6) is 0. The van der Waals surface area contributed by atoms with E-state index in [1.807, 2.05) is 48.8 Å². The van der Waals surface area contributed by atoms with E-state index in [0.29, 0.717) is 6.67 Å². The molecule has 3 nitrogen and oxygen atoms in total. The van der Waals surface area contributed by atoms with Gasteiger partial charge in [0.2, 0.25) is 0 Å². The molecule has 0 N–H and O–H groups in total. The van der Waals surface area contributed by atoms with E-state index >= 15 is 0 Å². The van der Waals surface area contributed by atoms with Crippen molar-refractivity contribution in [2.24, 2.45) is 4.99 Å². The summed E-state index contributed by atoms with van der Waals surface area (Å²) in [4.78, 5) is 10.8. The minimum absolute atomic E-state index is 0.695. The van der Waals surface area contributed by atoms with Crippen LogP contribution in [0, 0.1) is 0 Å². The van der Waals surface area contributed by atoms with Gasteiger partial charge < -0.3 is 4.90 Å². The summed E-state index contributed by atoms with van der Waals surface area (Å²) in [6.45, 7) is 0.695. The lowest BCUT2D eigenvalue weighted by atomic mass is 10.1. The number of pyridine rings is 1. The van der Waals surface area contributed by atoms with E-state index in [1.165, 1.54) is 22.3 Å². The van der Waals surface area contributed by atoms with Gasteiger partial charge in [0.1, 0.15) is 6.67 Å². The summed E-state index contributed by atoms with van der Waals surface area (Å²) in [6.07, 6.45) is 3.75. The van der Waals surface area contributed by atoms with Gasteiger partial charge in [-0.25, -0.2) is 0 Å². The Balaban J connectivity index is 0.000000144. The highest BCUT2D eigenvalue weighted by atomic mass is 15.2. The Labute approximate surface area is 153 Å². The second-order valence-corrected chi connectivity index (χ2v) is 5.97. The Kier molecular flexibility index (Phi) is 4.70. The van der Waals surface area contributed by atoms with Crippen LogP contribution in [0.1, 0.15) is 5.56 Å². The molecule has 0 aliphatic carbocycles. The molecule has 2 heterocycles. The Morgan fingerprint density at radius 2 is 1.42 bits per heavy atom. The van der Waals surface area contributed by atoms with Crippen LogP contribution < -0.4 is 4.90 Å². The molecule has 0 bridgehead atoms. The van der Waals surface area contributed by atoms with Crippen molar-refractivity contribution in [2.45, 2.75) is 0 Å². The fraction of sp³-hybridized carbons (Fsp3) is 0.0435. The van der Waals surface area contributed by atoms with Crippen molar-refractivity contribution >= 4 is 28.5 Å². The van der Waals surface area contributed by atoms with Gasteiger partial charge in [0, 0.05) is 29.0 Å². The molecule has 4 aromatic rings. The molecule has 1 aromatic heterocycles. The minimum atomic E-state index is 0.695. The predicted molar refractivity (Wildman–Crippen MR) is 109 cm³/mol. The van der Waals surface area contributed by atoms with Crippen LogP contribution in [-0.2, 0) is 0 Å². The van der Waals surface area contributed by atoms with Crippen LogP contribution in [0.25, 0.3) is 10.9 Å². The second kappa shape index (κ2) is 7.62. The predicted octanol–water partition coefficient (Wildman–Crippen LogP) is 5.45. The van der Waals surface area contributed by atoms with E-state index in [9.17, 15) is 0 Å². The van der Waals surface area contributed by atoms with E-state index in [1.54, 1.807) is 0 Å².